The monoisotopic (exact) mass is 611 g/mol. The Balaban J connectivity index is 1.45. The highest BCUT2D eigenvalue weighted by molar-refractivity contribution is 7.92. The Bertz CT molecular complexity index is 1920. The lowest BCUT2D eigenvalue weighted by Crippen LogP contribution is -2.17. The number of halogens is 1. The van der Waals surface area contributed by atoms with Crippen LogP contribution in [0.3, 0.4) is 0 Å². The van der Waals surface area contributed by atoms with Gasteiger partial charge in [0.05, 0.1) is 22.3 Å². The summed E-state index contributed by atoms with van der Waals surface area (Å²) in [4.78, 5) is 21.8. The zero-order valence-corrected chi connectivity index (χ0v) is 25.7. The predicted octanol–water partition coefficient (Wildman–Crippen LogP) is 7.74. The molecule has 5 aromatic rings. The number of rotatable bonds is 10. The van der Waals surface area contributed by atoms with Crippen molar-refractivity contribution in [2.45, 2.75) is 50.8 Å². The van der Waals surface area contributed by atoms with Crippen molar-refractivity contribution in [1.82, 2.24) is 9.97 Å². The Morgan fingerprint density at radius 2 is 1.39 bits per heavy atom. The Labute approximate surface area is 256 Å². The largest absolute Gasteiger partial charge is 0.337 e. The maximum Gasteiger partial charge on any atom is 0.263 e. The second kappa shape index (κ2) is 12.8. The molecule has 1 aromatic heterocycles. The number of sulfonamides is 1. The molecule has 0 aliphatic rings. The van der Waals surface area contributed by atoms with Gasteiger partial charge in [0.25, 0.3) is 10.0 Å². The first-order chi connectivity index (χ1) is 21.0. The fourth-order valence-electron chi connectivity index (χ4n) is 4.68. The summed E-state index contributed by atoms with van der Waals surface area (Å²) >= 11 is 0. The molecular formula is C34H34FN5O3S. The van der Waals surface area contributed by atoms with Crippen LogP contribution in [-0.4, -0.2) is 24.3 Å². The van der Waals surface area contributed by atoms with E-state index in [1.54, 1.807) is 24.3 Å². The van der Waals surface area contributed by atoms with Gasteiger partial charge >= 0.3 is 0 Å². The molecule has 10 heteroatoms. The molecule has 0 fully saturated rings. The van der Waals surface area contributed by atoms with Crippen LogP contribution in [0.1, 0.15) is 56.2 Å². The van der Waals surface area contributed by atoms with E-state index in [9.17, 15) is 17.6 Å². The number of nitrogens with one attached hydrogen (secondary N) is 3. The van der Waals surface area contributed by atoms with E-state index in [4.69, 9.17) is 4.98 Å². The lowest BCUT2D eigenvalue weighted by Gasteiger charge is -2.17. The molecule has 0 atom stereocenters. The van der Waals surface area contributed by atoms with Gasteiger partial charge in [0.1, 0.15) is 5.82 Å². The molecule has 0 saturated carbocycles. The van der Waals surface area contributed by atoms with Crippen molar-refractivity contribution < 1.29 is 17.6 Å². The van der Waals surface area contributed by atoms with Gasteiger partial charge in [-0.2, -0.15) is 0 Å². The van der Waals surface area contributed by atoms with E-state index in [1.807, 2.05) is 24.3 Å². The summed E-state index contributed by atoms with van der Waals surface area (Å²) in [6.07, 6.45) is -0.0643. The van der Waals surface area contributed by atoms with Gasteiger partial charge in [0.2, 0.25) is 5.91 Å². The van der Waals surface area contributed by atoms with Gasteiger partial charge in [-0.1, -0.05) is 64.1 Å². The molecule has 44 heavy (non-hydrogen) atoms. The van der Waals surface area contributed by atoms with Crippen molar-refractivity contribution in [1.29, 1.82) is 0 Å². The Hall–Kier alpha value is -4.83. The van der Waals surface area contributed by atoms with Gasteiger partial charge in [0.15, 0.2) is 11.6 Å². The van der Waals surface area contributed by atoms with Gasteiger partial charge in [-0.05, 0) is 83.1 Å². The van der Waals surface area contributed by atoms with Crippen molar-refractivity contribution in [2.75, 3.05) is 15.4 Å². The molecule has 0 spiro atoms. The van der Waals surface area contributed by atoms with Crippen LogP contribution in [0.2, 0.25) is 0 Å². The molecule has 8 nitrogen and oxygen atoms in total. The first-order valence-electron chi connectivity index (χ1n) is 14.3. The molecule has 0 saturated heterocycles. The number of hydrogen-bond acceptors (Lipinski definition) is 6. The summed E-state index contributed by atoms with van der Waals surface area (Å²) in [6.45, 7) is 8.49. The van der Waals surface area contributed by atoms with Crippen LogP contribution >= 0.6 is 0 Å². The number of benzene rings is 4. The summed E-state index contributed by atoms with van der Waals surface area (Å²) in [7, 11) is -4.16. The number of carbonyl (C=O) groups is 1. The molecule has 0 aliphatic carbocycles. The van der Waals surface area contributed by atoms with E-state index in [2.05, 4.69) is 54.1 Å². The second-order valence-corrected chi connectivity index (χ2v) is 12.9. The Morgan fingerprint density at radius 3 is 2.02 bits per heavy atom. The molecule has 5 rings (SSSR count). The molecule has 1 amide bonds. The fraction of sp³-hybridized carbons (Fsp3) is 0.206. The molecule has 226 valence electrons. The summed E-state index contributed by atoms with van der Waals surface area (Å²) in [6, 6.07) is 25.1. The molecule has 1 heterocycles. The van der Waals surface area contributed by atoms with Crippen LogP contribution < -0.4 is 15.4 Å². The van der Waals surface area contributed by atoms with Crippen LogP contribution in [-0.2, 0) is 21.2 Å². The van der Waals surface area contributed by atoms with Crippen LogP contribution in [0.25, 0.3) is 11.0 Å². The molecule has 3 N–H and O–H groups in total. The second-order valence-electron chi connectivity index (χ2n) is 11.2. The van der Waals surface area contributed by atoms with E-state index < -0.39 is 21.7 Å². The van der Waals surface area contributed by atoms with Crippen LogP contribution in [0.15, 0.2) is 95.9 Å². The maximum absolute atomic E-state index is 13.6. The quantitative estimate of drug-likeness (QED) is 0.149. The van der Waals surface area contributed by atoms with Gasteiger partial charge in [-0.15, -0.1) is 0 Å². The Morgan fingerprint density at radius 1 is 0.750 bits per heavy atom. The third kappa shape index (κ3) is 7.38. The normalized spacial score (nSPS) is 11.6. The molecule has 0 radical (unpaired) electrons. The van der Waals surface area contributed by atoms with E-state index in [0.717, 1.165) is 16.8 Å². The topological polar surface area (TPSA) is 113 Å². The molecule has 0 aliphatic heterocycles. The minimum absolute atomic E-state index is 0.0327. The van der Waals surface area contributed by atoms with E-state index in [1.165, 1.54) is 36.4 Å². The lowest BCUT2D eigenvalue weighted by atomic mass is 9.95. The molecule has 0 bridgehead atoms. The zero-order chi connectivity index (χ0) is 31.4. The number of hydrogen-bond donors (Lipinski definition) is 3. The van der Waals surface area contributed by atoms with Crippen molar-refractivity contribution in [3.8, 4) is 0 Å². The van der Waals surface area contributed by atoms with Gasteiger partial charge in [0, 0.05) is 11.4 Å². The fourth-order valence-corrected chi connectivity index (χ4v) is 5.73. The minimum atomic E-state index is -4.16. The lowest BCUT2D eigenvalue weighted by molar-refractivity contribution is -0.115. The van der Waals surface area contributed by atoms with Crippen molar-refractivity contribution in [3.63, 3.8) is 0 Å². The zero-order valence-electron chi connectivity index (χ0n) is 24.9. The molecule has 4 aromatic carbocycles. The smallest absolute Gasteiger partial charge is 0.263 e. The number of fused-ring (bicyclic) bond motifs is 1. The van der Waals surface area contributed by atoms with Crippen LogP contribution in [0, 0.1) is 5.82 Å². The summed E-state index contributed by atoms with van der Waals surface area (Å²) < 4.78 is 43.4. The number of para-hydroxylation sites is 2. The van der Waals surface area contributed by atoms with Crippen LogP contribution in [0.4, 0.5) is 27.4 Å². The van der Waals surface area contributed by atoms with Gasteiger partial charge in [-0.25, -0.2) is 22.8 Å². The number of aromatic nitrogens is 2. The minimum Gasteiger partial charge on any atom is -0.337 e. The standard InChI is InChI=1S/C34H34FN5O3S/c1-21(2)24-17-25(22(3)4)19-28(18-24)37-33-34(39-31-14-6-5-13-30(31)38-33)40-44(42,43)29-12-8-11-27(20-29)36-32(41)16-23-9-7-10-26(35)15-23/h5-15,17-22H,16H2,1-4H3,(H,36,41)(H,37,38)(H,39,40). The predicted molar refractivity (Wildman–Crippen MR) is 173 cm³/mol. The van der Waals surface area contributed by atoms with Gasteiger partial charge < -0.3 is 10.6 Å². The number of nitrogens with zero attached hydrogens (tertiary/aromatic N) is 2. The summed E-state index contributed by atoms with van der Waals surface area (Å²) in [5.41, 5.74) is 4.97. The number of carbonyl (C=O) groups excluding carboxylic acids is 1. The van der Waals surface area contributed by atoms with E-state index in [-0.39, 0.29) is 40.5 Å². The third-order valence-corrected chi connectivity index (χ3v) is 8.39. The van der Waals surface area contributed by atoms with Crippen molar-refractivity contribution >= 4 is 50.0 Å². The summed E-state index contributed by atoms with van der Waals surface area (Å²) in [5.74, 6) is 0.0169. The SMILES string of the molecule is CC(C)c1cc(Nc2nc3ccccc3nc2NS(=O)(=O)c2cccc(NC(=O)Cc3cccc(F)c3)c2)cc(C(C)C)c1. The molecular weight excluding hydrogens is 577 g/mol. The first kappa shape index (κ1) is 30.6. The summed E-state index contributed by atoms with van der Waals surface area (Å²) in [5, 5.41) is 6.00. The Kier molecular flexibility index (Phi) is 8.91. The number of anilines is 4. The van der Waals surface area contributed by atoms with Gasteiger partial charge in [-0.3, -0.25) is 9.52 Å². The highest BCUT2D eigenvalue weighted by Gasteiger charge is 2.20. The third-order valence-electron chi connectivity index (χ3n) is 7.06. The maximum atomic E-state index is 13.6. The van der Waals surface area contributed by atoms with Crippen LogP contribution in [0.5, 0.6) is 0 Å². The highest BCUT2D eigenvalue weighted by Crippen LogP contribution is 2.31. The average molecular weight is 612 g/mol. The highest BCUT2D eigenvalue weighted by atomic mass is 32.2. The van der Waals surface area contributed by atoms with Crippen molar-refractivity contribution in [2.24, 2.45) is 0 Å². The molecule has 0 unspecified atom stereocenters. The van der Waals surface area contributed by atoms with E-state index in [0.29, 0.717) is 16.6 Å². The van der Waals surface area contributed by atoms with E-state index >= 15 is 0 Å². The van der Waals surface area contributed by atoms with Crippen molar-refractivity contribution in [3.05, 3.63) is 114 Å². The first-order valence-corrected chi connectivity index (χ1v) is 15.8. The average Bonchev–Trinajstić information content (AvgIpc) is 2.97. The number of amides is 1.